The Bertz CT molecular complexity index is 2420. The number of hydrogen-bond donors (Lipinski definition) is 0. The smallest absolute Gasteiger partial charge is 0.136 e. The van der Waals surface area contributed by atoms with E-state index in [-0.39, 0.29) is 0 Å². The number of para-hydroxylation sites is 5. The molecular formula is C42H29N3O. The second-order valence-electron chi connectivity index (χ2n) is 11.6. The zero-order chi connectivity index (χ0) is 30.6. The van der Waals surface area contributed by atoms with E-state index in [2.05, 4.69) is 130 Å². The first-order chi connectivity index (χ1) is 22.8. The van der Waals surface area contributed by atoms with Gasteiger partial charge in [-0.15, -0.1) is 0 Å². The van der Waals surface area contributed by atoms with E-state index in [1.165, 1.54) is 21.5 Å². The highest BCUT2D eigenvalue weighted by Gasteiger charge is 2.17. The third kappa shape index (κ3) is 4.04. The van der Waals surface area contributed by atoms with Gasteiger partial charge in [-0.2, -0.15) is 0 Å². The molecule has 0 atom stereocenters. The number of benzene rings is 6. The topological polar surface area (TPSA) is 35.4 Å². The van der Waals surface area contributed by atoms with Crippen molar-refractivity contribution in [2.45, 2.75) is 6.92 Å². The summed E-state index contributed by atoms with van der Waals surface area (Å²) in [5, 5.41) is 5.95. The number of aliphatic imine (C=N–C) groups is 1. The number of hydrogen-bond acceptors (Lipinski definition) is 2. The fraction of sp³-hybridized carbons (Fsp3) is 0.0238. The number of allylic oxidation sites excluding steroid dienone is 1. The molecular weight excluding hydrogens is 562 g/mol. The maximum Gasteiger partial charge on any atom is 0.136 e. The fourth-order valence-electron chi connectivity index (χ4n) is 6.95. The summed E-state index contributed by atoms with van der Waals surface area (Å²) in [5.74, 6) is 0.800. The highest BCUT2D eigenvalue weighted by atomic mass is 16.3. The van der Waals surface area contributed by atoms with Gasteiger partial charge >= 0.3 is 0 Å². The Balaban J connectivity index is 1.34. The molecule has 3 aromatic heterocycles. The average molecular weight is 592 g/mol. The predicted molar refractivity (Wildman–Crippen MR) is 193 cm³/mol. The van der Waals surface area contributed by atoms with Crippen molar-refractivity contribution in [2.75, 3.05) is 0 Å². The van der Waals surface area contributed by atoms with Crippen LogP contribution in [0.5, 0.6) is 0 Å². The summed E-state index contributed by atoms with van der Waals surface area (Å²) >= 11 is 0. The molecule has 0 aliphatic heterocycles. The van der Waals surface area contributed by atoms with Crippen molar-refractivity contribution in [1.82, 2.24) is 9.13 Å². The van der Waals surface area contributed by atoms with Gasteiger partial charge in [0.2, 0.25) is 0 Å². The van der Waals surface area contributed by atoms with Gasteiger partial charge in [0.25, 0.3) is 0 Å². The Morgan fingerprint density at radius 3 is 1.43 bits per heavy atom. The molecule has 0 bridgehead atoms. The standard InChI is InChI=1S/C42H29N3O/c1-2-13-41-36(35-18-7-12-23-42(35)46-41)27-43-28-24-29(44-37-19-8-3-14-31(37)32-15-4-9-20-38(32)44)26-30(25-28)45-39-21-10-5-16-33(39)34-17-6-11-22-40(34)45/h2-27H,1H3/b13-2-,43-27?. The van der Waals surface area contributed by atoms with E-state index in [0.29, 0.717) is 0 Å². The summed E-state index contributed by atoms with van der Waals surface area (Å²) in [6.07, 6.45) is 5.94. The fourth-order valence-corrected chi connectivity index (χ4v) is 6.95. The molecule has 0 saturated heterocycles. The summed E-state index contributed by atoms with van der Waals surface area (Å²) in [5.41, 5.74) is 9.42. The Hall–Kier alpha value is -6.13. The average Bonchev–Trinajstić information content (AvgIpc) is 3.75. The number of furan rings is 1. The van der Waals surface area contributed by atoms with Crippen LogP contribution >= 0.6 is 0 Å². The molecule has 0 aliphatic rings. The third-order valence-corrected chi connectivity index (χ3v) is 8.89. The first kappa shape index (κ1) is 26.3. The maximum atomic E-state index is 6.20. The molecule has 4 nitrogen and oxygen atoms in total. The van der Waals surface area contributed by atoms with Crippen LogP contribution < -0.4 is 0 Å². The monoisotopic (exact) mass is 591 g/mol. The van der Waals surface area contributed by atoms with E-state index in [4.69, 9.17) is 9.41 Å². The SMILES string of the molecule is C/C=C\c1oc2ccccc2c1C=Nc1cc(-n2c3ccccc3c3ccccc32)cc(-n2c3ccccc3c3ccccc32)c1. The number of rotatable bonds is 5. The van der Waals surface area contributed by atoms with Crippen molar-refractivity contribution in [2.24, 2.45) is 4.99 Å². The molecule has 0 N–H and O–H groups in total. The van der Waals surface area contributed by atoms with Gasteiger partial charge in [-0.1, -0.05) is 97.1 Å². The van der Waals surface area contributed by atoms with Gasteiger partial charge in [-0.3, -0.25) is 4.99 Å². The molecule has 0 spiro atoms. The van der Waals surface area contributed by atoms with Crippen LogP contribution in [0, 0.1) is 0 Å². The lowest BCUT2D eigenvalue weighted by molar-refractivity contribution is 0.603. The predicted octanol–water partition coefficient (Wildman–Crippen LogP) is 11.4. The van der Waals surface area contributed by atoms with Crippen LogP contribution in [0.15, 0.2) is 155 Å². The van der Waals surface area contributed by atoms with Crippen LogP contribution in [0.2, 0.25) is 0 Å². The van der Waals surface area contributed by atoms with E-state index in [9.17, 15) is 0 Å². The van der Waals surface area contributed by atoms with E-state index < -0.39 is 0 Å². The first-order valence-electron chi connectivity index (χ1n) is 15.6. The summed E-state index contributed by atoms with van der Waals surface area (Å²) < 4.78 is 10.9. The second kappa shape index (κ2) is 10.5. The first-order valence-corrected chi connectivity index (χ1v) is 15.6. The quantitative estimate of drug-likeness (QED) is 0.183. The van der Waals surface area contributed by atoms with Gasteiger partial charge in [0, 0.05) is 38.7 Å². The van der Waals surface area contributed by atoms with Gasteiger partial charge in [0.1, 0.15) is 11.3 Å². The largest absolute Gasteiger partial charge is 0.456 e. The Labute approximate surface area is 265 Å². The van der Waals surface area contributed by atoms with Gasteiger partial charge in [-0.05, 0) is 61.5 Å². The molecule has 9 aromatic rings. The van der Waals surface area contributed by atoms with E-state index in [0.717, 1.165) is 61.4 Å². The minimum Gasteiger partial charge on any atom is -0.456 e. The molecule has 46 heavy (non-hydrogen) atoms. The van der Waals surface area contributed by atoms with Crippen molar-refractivity contribution in [3.05, 3.63) is 157 Å². The van der Waals surface area contributed by atoms with Crippen molar-refractivity contribution in [1.29, 1.82) is 0 Å². The zero-order valence-corrected chi connectivity index (χ0v) is 25.3. The van der Waals surface area contributed by atoms with Crippen molar-refractivity contribution in [3.63, 3.8) is 0 Å². The van der Waals surface area contributed by atoms with Crippen molar-refractivity contribution >= 4 is 72.6 Å². The molecule has 218 valence electrons. The van der Waals surface area contributed by atoms with E-state index >= 15 is 0 Å². The van der Waals surface area contributed by atoms with Crippen LogP contribution in [0.4, 0.5) is 5.69 Å². The lowest BCUT2D eigenvalue weighted by Crippen LogP contribution is -1.99. The molecule has 9 rings (SSSR count). The highest BCUT2D eigenvalue weighted by molar-refractivity contribution is 6.11. The highest BCUT2D eigenvalue weighted by Crippen LogP contribution is 2.37. The van der Waals surface area contributed by atoms with Gasteiger partial charge < -0.3 is 13.6 Å². The normalized spacial score (nSPS) is 12.3. The molecule has 0 amide bonds. The number of nitrogens with zero attached hydrogens (tertiary/aromatic N) is 3. The number of fused-ring (bicyclic) bond motifs is 7. The van der Waals surface area contributed by atoms with Crippen molar-refractivity contribution in [3.8, 4) is 11.4 Å². The minimum absolute atomic E-state index is 0.800. The summed E-state index contributed by atoms with van der Waals surface area (Å²) in [7, 11) is 0. The van der Waals surface area contributed by atoms with Crippen LogP contribution in [-0.2, 0) is 0 Å². The lowest BCUT2D eigenvalue weighted by atomic mass is 10.1. The second-order valence-corrected chi connectivity index (χ2v) is 11.6. The Morgan fingerprint density at radius 1 is 0.522 bits per heavy atom. The van der Waals surface area contributed by atoms with Gasteiger partial charge in [-0.25, -0.2) is 0 Å². The van der Waals surface area contributed by atoms with E-state index in [1.807, 2.05) is 43.5 Å². The summed E-state index contributed by atoms with van der Waals surface area (Å²) in [6, 6.07) is 49.3. The summed E-state index contributed by atoms with van der Waals surface area (Å²) in [6.45, 7) is 2.00. The third-order valence-electron chi connectivity index (χ3n) is 8.89. The molecule has 0 saturated carbocycles. The Morgan fingerprint density at radius 2 is 0.957 bits per heavy atom. The van der Waals surface area contributed by atoms with Crippen LogP contribution in [0.25, 0.3) is 72.0 Å². The van der Waals surface area contributed by atoms with E-state index in [1.54, 1.807) is 0 Å². The maximum absolute atomic E-state index is 6.20. The molecule has 0 radical (unpaired) electrons. The van der Waals surface area contributed by atoms with Gasteiger partial charge in [0.15, 0.2) is 0 Å². The molecule has 4 heteroatoms. The van der Waals surface area contributed by atoms with Crippen LogP contribution in [-0.4, -0.2) is 15.3 Å². The number of aromatic nitrogens is 2. The Kier molecular flexibility index (Phi) is 6.00. The molecule has 0 unspecified atom stereocenters. The van der Waals surface area contributed by atoms with Gasteiger partial charge in [0.05, 0.1) is 39.1 Å². The molecule has 3 heterocycles. The minimum atomic E-state index is 0.800. The molecule has 6 aromatic carbocycles. The van der Waals surface area contributed by atoms with Crippen molar-refractivity contribution < 1.29 is 4.42 Å². The van der Waals surface area contributed by atoms with Crippen LogP contribution in [0.1, 0.15) is 18.2 Å². The molecule has 0 fully saturated rings. The molecule has 0 aliphatic carbocycles. The summed E-state index contributed by atoms with van der Waals surface area (Å²) in [4.78, 5) is 5.16. The van der Waals surface area contributed by atoms with Crippen LogP contribution in [0.3, 0.4) is 0 Å². The zero-order valence-electron chi connectivity index (χ0n) is 25.3. The lowest BCUT2D eigenvalue weighted by Gasteiger charge is -2.14.